The highest BCUT2D eigenvalue weighted by molar-refractivity contribution is 5.68. The van der Waals surface area contributed by atoms with E-state index < -0.39 is 0 Å². The average Bonchev–Trinajstić information content (AvgIpc) is 2.94. The predicted octanol–water partition coefficient (Wildman–Crippen LogP) is 3.14. The fraction of sp³-hybridized carbons (Fsp3) is 0. The van der Waals surface area contributed by atoms with Crippen LogP contribution in [-0.2, 0) is 0 Å². The molecule has 0 radical (unpaired) electrons. The zero-order chi connectivity index (χ0) is 11.5. The van der Waals surface area contributed by atoms with E-state index in [2.05, 4.69) is 33.4 Å². The molecule has 0 bridgehead atoms. The van der Waals surface area contributed by atoms with E-state index in [1.807, 2.05) is 30.3 Å². The van der Waals surface area contributed by atoms with Gasteiger partial charge in [-0.05, 0) is 24.3 Å². The van der Waals surface area contributed by atoms with Crippen LogP contribution in [-0.4, -0.2) is 15.2 Å². The number of nitrogens with one attached hydrogen (secondary N) is 1. The molecule has 82 valence electrons. The molecule has 0 amide bonds. The van der Waals surface area contributed by atoms with E-state index in [0.29, 0.717) is 0 Å². The molecule has 3 aromatic rings. The van der Waals surface area contributed by atoms with Gasteiger partial charge in [0.05, 0.1) is 11.4 Å². The maximum atomic E-state index is 4.35. The van der Waals surface area contributed by atoms with Gasteiger partial charge in [-0.2, -0.15) is 5.10 Å². The molecule has 0 unspecified atom stereocenters. The lowest BCUT2D eigenvalue weighted by Crippen LogP contribution is -1.84. The van der Waals surface area contributed by atoms with Crippen molar-refractivity contribution in [3.63, 3.8) is 0 Å². The lowest BCUT2D eigenvalue weighted by molar-refractivity contribution is 1.10. The van der Waals surface area contributed by atoms with Crippen LogP contribution < -0.4 is 0 Å². The fourth-order valence-electron chi connectivity index (χ4n) is 1.80. The number of benzene rings is 1. The molecule has 0 aliphatic heterocycles. The summed E-state index contributed by atoms with van der Waals surface area (Å²) < 4.78 is 0. The summed E-state index contributed by atoms with van der Waals surface area (Å²) in [6.45, 7) is 0. The summed E-state index contributed by atoms with van der Waals surface area (Å²) in [6.07, 6.45) is 3.56. The average molecular weight is 221 g/mol. The molecule has 2 aromatic heterocycles. The van der Waals surface area contributed by atoms with Gasteiger partial charge in [-0.3, -0.25) is 10.1 Å². The molecule has 3 nitrogen and oxygen atoms in total. The highest BCUT2D eigenvalue weighted by atomic mass is 15.1. The first-order chi connectivity index (χ1) is 8.43. The largest absolute Gasteiger partial charge is 0.278 e. The first-order valence-electron chi connectivity index (χ1n) is 5.45. The summed E-state index contributed by atoms with van der Waals surface area (Å²) in [5.41, 5.74) is 4.22. The van der Waals surface area contributed by atoms with Gasteiger partial charge < -0.3 is 0 Å². The van der Waals surface area contributed by atoms with E-state index in [1.165, 1.54) is 0 Å². The van der Waals surface area contributed by atoms with Gasteiger partial charge in [0.2, 0.25) is 0 Å². The lowest BCUT2D eigenvalue weighted by Gasteiger charge is -2.03. The van der Waals surface area contributed by atoms with E-state index >= 15 is 0 Å². The van der Waals surface area contributed by atoms with Gasteiger partial charge >= 0.3 is 0 Å². The molecule has 0 saturated carbocycles. The molecule has 0 spiro atoms. The second kappa shape index (κ2) is 4.22. The number of aromatic amines is 1. The summed E-state index contributed by atoms with van der Waals surface area (Å²) in [6, 6.07) is 16.1. The molecule has 1 N–H and O–H groups in total. The second-order valence-corrected chi connectivity index (χ2v) is 3.77. The monoisotopic (exact) mass is 221 g/mol. The van der Waals surface area contributed by atoms with Crippen LogP contribution >= 0.6 is 0 Å². The summed E-state index contributed by atoms with van der Waals surface area (Å²) in [5.74, 6) is 0. The molecule has 2 heterocycles. The highest BCUT2D eigenvalue weighted by Gasteiger charge is 2.02. The molecule has 3 heteroatoms. The molecule has 3 rings (SSSR count). The Morgan fingerprint density at radius 3 is 2.53 bits per heavy atom. The third-order valence-electron chi connectivity index (χ3n) is 2.63. The number of nitrogens with zero attached hydrogens (tertiary/aromatic N) is 2. The quantitative estimate of drug-likeness (QED) is 0.722. The number of pyridine rings is 1. The molecule has 0 fully saturated rings. The maximum Gasteiger partial charge on any atom is 0.0702 e. The normalized spacial score (nSPS) is 10.4. The van der Waals surface area contributed by atoms with E-state index in [4.69, 9.17) is 0 Å². The van der Waals surface area contributed by atoms with Crippen LogP contribution in [0, 0.1) is 0 Å². The Hall–Kier alpha value is -2.42. The zero-order valence-corrected chi connectivity index (χ0v) is 9.17. The van der Waals surface area contributed by atoms with Gasteiger partial charge in [-0.15, -0.1) is 0 Å². The first kappa shape index (κ1) is 9.78. The van der Waals surface area contributed by atoms with Crippen molar-refractivity contribution in [2.45, 2.75) is 0 Å². The second-order valence-electron chi connectivity index (χ2n) is 3.77. The van der Waals surface area contributed by atoms with E-state index in [9.17, 15) is 0 Å². The van der Waals surface area contributed by atoms with E-state index in [-0.39, 0.29) is 0 Å². The third-order valence-corrected chi connectivity index (χ3v) is 2.63. The van der Waals surface area contributed by atoms with Gasteiger partial charge in [-0.1, -0.05) is 24.3 Å². The standard InChI is InChI=1S/C14H11N3/c1-2-8-15-13(6-1)11-4-3-5-12(10-11)14-7-9-16-17-14/h1-10H,(H,16,17). The third kappa shape index (κ3) is 1.95. The smallest absolute Gasteiger partial charge is 0.0702 e. The summed E-state index contributed by atoms with van der Waals surface area (Å²) in [5, 5.41) is 6.92. The van der Waals surface area contributed by atoms with E-state index in [0.717, 1.165) is 22.5 Å². The van der Waals surface area contributed by atoms with Crippen molar-refractivity contribution in [1.82, 2.24) is 15.2 Å². The number of aromatic nitrogens is 3. The number of H-pyrrole nitrogens is 1. The van der Waals surface area contributed by atoms with Crippen LogP contribution in [0.25, 0.3) is 22.5 Å². The Kier molecular flexibility index (Phi) is 2.43. The van der Waals surface area contributed by atoms with Gasteiger partial charge in [0.1, 0.15) is 0 Å². The molecular formula is C14H11N3. The Morgan fingerprint density at radius 2 is 1.76 bits per heavy atom. The van der Waals surface area contributed by atoms with Crippen LogP contribution in [0.3, 0.4) is 0 Å². The van der Waals surface area contributed by atoms with Crippen LogP contribution in [0.4, 0.5) is 0 Å². The number of rotatable bonds is 2. The Balaban J connectivity index is 2.06. The molecular weight excluding hydrogens is 210 g/mol. The number of hydrogen-bond donors (Lipinski definition) is 1. The topological polar surface area (TPSA) is 41.6 Å². The van der Waals surface area contributed by atoms with Crippen LogP contribution in [0.5, 0.6) is 0 Å². The molecule has 0 aliphatic rings. The van der Waals surface area contributed by atoms with Crippen LogP contribution in [0.15, 0.2) is 60.9 Å². The minimum atomic E-state index is 0.980. The van der Waals surface area contributed by atoms with Gasteiger partial charge in [-0.25, -0.2) is 0 Å². The van der Waals surface area contributed by atoms with Crippen molar-refractivity contribution in [2.75, 3.05) is 0 Å². The van der Waals surface area contributed by atoms with Crippen molar-refractivity contribution in [3.8, 4) is 22.5 Å². The molecule has 17 heavy (non-hydrogen) atoms. The summed E-state index contributed by atoms with van der Waals surface area (Å²) >= 11 is 0. The van der Waals surface area contributed by atoms with Crippen molar-refractivity contribution >= 4 is 0 Å². The number of hydrogen-bond acceptors (Lipinski definition) is 2. The van der Waals surface area contributed by atoms with Gasteiger partial charge in [0, 0.05) is 23.5 Å². The Labute approximate surface area is 99.2 Å². The summed E-state index contributed by atoms with van der Waals surface area (Å²) in [4.78, 5) is 4.35. The first-order valence-corrected chi connectivity index (χ1v) is 5.45. The van der Waals surface area contributed by atoms with E-state index in [1.54, 1.807) is 12.4 Å². The molecule has 0 aliphatic carbocycles. The molecule has 0 saturated heterocycles. The van der Waals surface area contributed by atoms with Crippen molar-refractivity contribution in [1.29, 1.82) is 0 Å². The van der Waals surface area contributed by atoms with Crippen molar-refractivity contribution in [2.24, 2.45) is 0 Å². The Morgan fingerprint density at radius 1 is 0.824 bits per heavy atom. The van der Waals surface area contributed by atoms with Crippen LogP contribution in [0.2, 0.25) is 0 Å². The SMILES string of the molecule is c1ccc(-c2cccc(-c3ccn[nH]3)c2)nc1. The highest BCUT2D eigenvalue weighted by Crippen LogP contribution is 2.23. The van der Waals surface area contributed by atoms with Gasteiger partial charge in [0.25, 0.3) is 0 Å². The minimum Gasteiger partial charge on any atom is -0.278 e. The minimum absolute atomic E-state index is 0.980. The van der Waals surface area contributed by atoms with Gasteiger partial charge in [0.15, 0.2) is 0 Å². The van der Waals surface area contributed by atoms with Crippen molar-refractivity contribution < 1.29 is 0 Å². The fourth-order valence-corrected chi connectivity index (χ4v) is 1.80. The predicted molar refractivity (Wildman–Crippen MR) is 67.3 cm³/mol. The van der Waals surface area contributed by atoms with Crippen molar-refractivity contribution in [3.05, 3.63) is 60.9 Å². The van der Waals surface area contributed by atoms with Crippen LogP contribution in [0.1, 0.15) is 0 Å². The Bertz CT molecular complexity index is 600. The zero-order valence-electron chi connectivity index (χ0n) is 9.17. The maximum absolute atomic E-state index is 4.35. The molecule has 1 aromatic carbocycles. The lowest BCUT2D eigenvalue weighted by atomic mass is 10.1. The molecule has 0 atom stereocenters. The summed E-state index contributed by atoms with van der Waals surface area (Å²) in [7, 11) is 0.